The number of nitrogens with one attached hydrogen (secondary N) is 1. The Morgan fingerprint density at radius 3 is 2.04 bits per heavy atom. The van der Waals surface area contributed by atoms with Gasteiger partial charge in [0, 0.05) is 13.8 Å². The molecule has 0 aromatic rings. The van der Waals surface area contributed by atoms with Crippen LogP contribution < -0.4 is 5.32 Å². The maximum atomic E-state index is 14.3. The molecule has 7 nitrogen and oxygen atoms in total. The molecular weight excluding hydrogens is 330 g/mol. The van der Waals surface area contributed by atoms with Crippen LogP contribution in [0.15, 0.2) is 0 Å². The quantitative estimate of drug-likeness (QED) is 0.595. The van der Waals surface area contributed by atoms with Gasteiger partial charge in [0.15, 0.2) is 6.10 Å². The van der Waals surface area contributed by atoms with E-state index < -0.39 is 54.7 Å². The Labute approximate surface area is 128 Å². The SMILES string of the molecule is CC(=O)O[C@H]1O[C@@H](C)[C@@H](NC(=O)C(F)(F)F)[C@@H](OC(C)=O)[C@H]1F. The van der Waals surface area contributed by atoms with Gasteiger partial charge in [-0.3, -0.25) is 14.4 Å². The number of hydrogen-bond acceptors (Lipinski definition) is 6. The van der Waals surface area contributed by atoms with Crippen molar-refractivity contribution in [2.45, 2.75) is 57.7 Å². The van der Waals surface area contributed by atoms with Crippen molar-refractivity contribution in [3.8, 4) is 0 Å². The first-order valence-corrected chi connectivity index (χ1v) is 6.45. The summed E-state index contributed by atoms with van der Waals surface area (Å²) in [4.78, 5) is 33.0. The summed E-state index contributed by atoms with van der Waals surface area (Å²) in [6.45, 7) is 3.09. The number of ether oxygens (including phenoxy) is 3. The monoisotopic (exact) mass is 345 g/mol. The minimum atomic E-state index is -5.21. The van der Waals surface area contributed by atoms with Gasteiger partial charge in [-0.15, -0.1) is 0 Å². The molecule has 1 amide bonds. The molecule has 0 aromatic carbocycles. The van der Waals surface area contributed by atoms with E-state index in [-0.39, 0.29) is 0 Å². The van der Waals surface area contributed by atoms with E-state index in [9.17, 15) is 31.9 Å². The van der Waals surface area contributed by atoms with Gasteiger partial charge in [-0.05, 0) is 6.92 Å². The first kappa shape index (κ1) is 19.1. The number of carbonyl (C=O) groups is 3. The second-order valence-corrected chi connectivity index (χ2v) is 4.83. The number of hydrogen-bond donors (Lipinski definition) is 1. The molecule has 132 valence electrons. The van der Waals surface area contributed by atoms with Crippen molar-refractivity contribution in [2.75, 3.05) is 0 Å². The standard InChI is InChI=1S/C12H15F4NO6/c1-4-8(17-11(20)12(14,15)16)9(22-5(2)18)7(13)10(21-4)23-6(3)19/h4,7-10H,1-3H3,(H,17,20)/t4-,7+,8+,9-,10+/m0/s1. The molecular formula is C12H15F4NO6. The number of rotatable bonds is 3. The van der Waals surface area contributed by atoms with Crippen LogP contribution in [0.5, 0.6) is 0 Å². The van der Waals surface area contributed by atoms with Crippen LogP contribution in [0.3, 0.4) is 0 Å². The number of esters is 2. The van der Waals surface area contributed by atoms with Crippen LogP contribution in [-0.2, 0) is 28.6 Å². The molecule has 1 N–H and O–H groups in total. The molecule has 1 aliphatic heterocycles. The summed E-state index contributed by atoms with van der Waals surface area (Å²) in [5.41, 5.74) is 0. The third kappa shape index (κ3) is 5.05. The molecule has 0 aliphatic carbocycles. The van der Waals surface area contributed by atoms with Crippen LogP contribution in [-0.4, -0.2) is 54.7 Å². The Bertz CT molecular complexity index is 483. The topological polar surface area (TPSA) is 90.9 Å². The highest BCUT2D eigenvalue weighted by molar-refractivity contribution is 5.82. The lowest BCUT2D eigenvalue weighted by atomic mass is 9.97. The predicted molar refractivity (Wildman–Crippen MR) is 64.5 cm³/mol. The highest BCUT2D eigenvalue weighted by Gasteiger charge is 2.51. The molecule has 1 aliphatic rings. The smallest absolute Gasteiger partial charge is 0.457 e. The van der Waals surface area contributed by atoms with Crippen LogP contribution >= 0.6 is 0 Å². The maximum absolute atomic E-state index is 14.3. The van der Waals surface area contributed by atoms with E-state index in [2.05, 4.69) is 9.47 Å². The lowest BCUT2D eigenvalue weighted by Gasteiger charge is -2.41. The normalized spacial score (nSPS) is 31.2. The fraction of sp³-hybridized carbons (Fsp3) is 0.750. The van der Waals surface area contributed by atoms with E-state index in [0.717, 1.165) is 13.8 Å². The first-order valence-electron chi connectivity index (χ1n) is 6.45. The summed E-state index contributed by atoms with van der Waals surface area (Å²) in [5, 5.41) is 1.52. The Balaban J connectivity index is 3.00. The molecule has 0 aromatic heterocycles. The van der Waals surface area contributed by atoms with Crippen molar-refractivity contribution in [1.29, 1.82) is 0 Å². The van der Waals surface area contributed by atoms with Crippen molar-refractivity contribution >= 4 is 17.8 Å². The van der Waals surface area contributed by atoms with Crippen molar-refractivity contribution in [1.82, 2.24) is 5.32 Å². The zero-order valence-electron chi connectivity index (χ0n) is 12.3. The summed E-state index contributed by atoms with van der Waals surface area (Å²) >= 11 is 0. The maximum Gasteiger partial charge on any atom is 0.471 e. The van der Waals surface area contributed by atoms with Gasteiger partial charge in [0.1, 0.15) is 0 Å². The largest absolute Gasteiger partial charge is 0.471 e. The van der Waals surface area contributed by atoms with E-state index in [0.29, 0.717) is 0 Å². The van der Waals surface area contributed by atoms with Gasteiger partial charge in [0.25, 0.3) is 0 Å². The minimum Gasteiger partial charge on any atom is -0.457 e. The second kappa shape index (κ2) is 7.11. The van der Waals surface area contributed by atoms with Gasteiger partial charge < -0.3 is 19.5 Å². The van der Waals surface area contributed by atoms with Gasteiger partial charge in [0.2, 0.25) is 12.5 Å². The number of alkyl halides is 4. The fourth-order valence-electron chi connectivity index (χ4n) is 2.01. The van der Waals surface area contributed by atoms with E-state index in [1.54, 1.807) is 0 Å². The average molecular weight is 345 g/mol. The molecule has 1 heterocycles. The molecule has 0 radical (unpaired) electrons. The second-order valence-electron chi connectivity index (χ2n) is 4.83. The minimum absolute atomic E-state index is 0.899. The number of carbonyl (C=O) groups excluding carboxylic acids is 3. The van der Waals surface area contributed by atoms with Crippen LogP contribution in [0.25, 0.3) is 0 Å². The number of halogens is 4. The van der Waals surface area contributed by atoms with Crippen LogP contribution in [0.2, 0.25) is 0 Å². The summed E-state index contributed by atoms with van der Waals surface area (Å²) in [5.74, 6) is -4.22. The van der Waals surface area contributed by atoms with E-state index in [1.165, 1.54) is 12.2 Å². The zero-order chi connectivity index (χ0) is 17.9. The summed E-state index contributed by atoms with van der Waals surface area (Å²) < 4.78 is 65.5. The molecule has 0 saturated carbocycles. The number of amides is 1. The van der Waals surface area contributed by atoms with Gasteiger partial charge in [-0.1, -0.05) is 0 Å². The van der Waals surface area contributed by atoms with Gasteiger partial charge in [-0.25, -0.2) is 4.39 Å². The Morgan fingerprint density at radius 2 is 1.61 bits per heavy atom. The molecule has 0 unspecified atom stereocenters. The van der Waals surface area contributed by atoms with Crippen molar-refractivity contribution < 1.29 is 46.2 Å². The molecule has 1 saturated heterocycles. The summed E-state index contributed by atoms with van der Waals surface area (Å²) in [6, 6.07) is -1.62. The van der Waals surface area contributed by atoms with Gasteiger partial charge >= 0.3 is 24.0 Å². The van der Waals surface area contributed by atoms with Crippen molar-refractivity contribution in [3.63, 3.8) is 0 Å². The Hall–Kier alpha value is -1.91. The molecule has 5 atom stereocenters. The van der Waals surface area contributed by atoms with Gasteiger partial charge in [0.05, 0.1) is 12.1 Å². The lowest BCUT2D eigenvalue weighted by molar-refractivity contribution is -0.253. The molecule has 0 bridgehead atoms. The molecule has 1 rings (SSSR count). The van der Waals surface area contributed by atoms with E-state index in [1.807, 2.05) is 0 Å². The third-order valence-electron chi connectivity index (χ3n) is 2.92. The fourth-order valence-corrected chi connectivity index (χ4v) is 2.01. The van der Waals surface area contributed by atoms with E-state index >= 15 is 0 Å². The first-order chi connectivity index (χ1) is 10.4. The summed E-state index contributed by atoms with van der Waals surface area (Å²) in [6.07, 6.45) is -12.3. The average Bonchev–Trinajstić information content (AvgIpc) is 2.37. The van der Waals surface area contributed by atoms with Crippen LogP contribution in [0, 0.1) is 0 Å². The highest BCUT2D eigenvalue weighted by atomic mass is 19.4. The van der Waals surface area contributed by atoms with Crippen LogP contribution in [0.1, 0.15) is 20.8 Å². The van der Waals surface area contributed by atoms with E-state index in [4.69, 9.17) is 4.74 Å². The lowest BCUT2D eigenvalue weighted by Crippen LogP contribution is -2.64. The van der Waals surface area contributed by atoms with Crippen LogP contribution in [0.4, 0.5) is 17.6 Å². The van der Waals surface area contributed by atoms with Crippen molar-refractivity contribution in [2.24, 2.45) is 0 Å². The molecule has 0 spiro atoms. The highest BCUT2D eigenvalue weighted by Crippen LogP contribution is 2.28. The molecule has 1 fully saturated rings. The molecule has 11 heteroatoms. The Morgan fingerprint density at radius 1 is 1.09 bits per heavy atom. The van der Waals surface area contributed by atoms with Crippen molar-refractivity contribution in [3.05, 3.63) is 0 Å². The summed E-state index contributed by atoms with van der Waals surface area (Å²) in [7, 11) is 0. The Kier molecular flexibility index (Phi) is 5.92. The third-order valence-corrected chi connectivity index (χ3v) is 2.92. The molecule has 23 heavy (non-hydrogen) atoms. The van der Waals surface area contributed by atoms with Gasteiger partial charge in [-0.2, -0.15) is 13.2 Å². The predicted octanol–water partition coefficient (Wildman–Crippen LogP) is 0.611. The zero-order valence-corrected chi connectivity index (χ0v) is 12.3.